The summed E-state index contributed by atoms with van der Waals surface area (Å²) in [5, 5.41) is 5.89. The Kier molecular flexibility index (Phi) is 9.05. The molecule has 1 amide bonds. The van der Waals surface area contributed by atoms with Gasteiger partial charge in [0.15, 0.2) is 0 Å². The van der Waals surface area contributed by atoms with Gasteiger partial charge < -0.3 is 20.1 Å². The summed E-state index contributed by atoms with van der Waals surface area (Å²) in [6.45, 7) is 2.78. The summed E-state index contributed by atoms with van der Waals surface area (Å²) in [5.74, 6) is 0.857. The second-order valence-electron chi connectivity index (χ2n) is 4.55. The minimum atomic E-state index is 0.0393. The molecule has 0 aliphatic heterocycles. The second kappa shape index (κ2) is 10.6. The van der Waals surface area contributed by atoms with Gasteiger partial charge in [-0.25, -0.2) is 0 Å². The van der Waals surface area contributed by atoms with Gasteiger partial charge in [0, 0.05) is 38.1 Å². The lowest BCUT2D eigenvalue weighted by molar-refractivity contribution is -0.120. The summed E-state index contributed by atoms with van der Waals surface area (Å²) in [5.41, 5.74) is 1.13. The quantitative estimate of drug-likeness (QED) is 0.628. The molecule has 0 heterocycles. The van der Waals surface area contributed by atoms with E-state index < -0.39 is 0 Å². The van der Waals surface area contributed by atoms with E-state index in [9.17, 15) is 4.79 Å². The molecule has 0 bridgehead atoms. The van der Waals surface area contributed by atoms with Crippen molar-refractivity contribution in [1.82, 2.24) is 10.6 Å². The first-order valence-corrected chi connectivity index (χ1v) is 7.78. The number of halogens is 1. The van der Waals surface area contributed by atoms with Crippen LogP contribution in [0.15, 0.2) is 22.7 Å². The maximum absolute atomic E-state index is 11.1. The fourth-order valence-corrected chi connectivity index (χ4v) is 2.11. The Balaban J connectivity index is 2.39. The number of benzene rings is 1. The van der Waals surface area contributed by atoms with Gasteiger partial charge in [-0.15, -0.1) is 0 Å². The van der Waals surface area contributed by atoms with Crippen LogP contribution in [-0.2, 0) is 16.1 Å². The molecule has 0 saturated heterocycles. The summed E-state index contributed by atoms with van der Waals surface area (Å²) in [6, 6.07) is 5.90. The van der Waals surface area contributed by atoms with E-state index in [0.717, 1.165) is 28.9 Å². The van der Waals surface area contributed by atoms with Crippen LogP contribution in [0.2, 0.25) is 0 Å². The number of amides is 1. The molecule has 5 nitrogen and oxygen atoms in total. The Hall–Kier alpha value is -1.11. The molecule has 0 radical (unpaired) electrons. The Morgan fingerprint density at radius 2 is 2.14 bits per heavy atom. The molecular formula is C15H23BrN2O3. The Morgan fingerprint density at radius 3 is 2.86 bits per heavy atom. The minimum absolute atomic E-state index is 0.0393. The molecule has 0 atom stereocenters. The van der Waals surface area contributed by atoms with E-state index in [-0.39, 0.29) is 5.91 Å². The third-order valence-electron chi connectivity index (χ3n) is 2.91. The largest absolute Gasteiger partial charge is 0.494 e. The van der Waals surface area contributed by atoms with Crippen molar-refractivity contribution < 1.29 is 14.3 Å². The fourth-order valence-electron chi connectivity index (χ4n) is 1.72. The topological polar surface area (TPSA) is 59.6 Å². The average molecular weight is 359 g/mol. The predicted molar refractivity (Wildman–Crippen MR) is 86.5 cm³/mol. The molecule has 1 aromatic rings. The first-order chi connectivity index (χ1) is 10.2. The van der Waals surface area contributed by atoms with Gasteiger partial charge in [0.05, 0.1) is 13.2 Å². The molecule has 0 aliphatic rings. The molecule has 0 fully saturated rings. The van der Waals surface area contributed by atoms with E-state index in [1.165, 1.54) is 0 Å². The molecule has 0 aliphatic carbocycles. The van der Waals surface area contributed by atoms with Crippen molar-refractivity contribution in [2.45, 2.75) is 19.4 Å². The first-order valence-electron chi connectivity index (χ1n) is 6.99. The molecule has 0 saturated carbocycles. The predicted octanol–water partition coefficient (Wildman–Crippen LogP) is 2.09. The molecule has 118 valence electrons. The van der Waals surface area contributed by atoms with Gasteiger partial charge in [-0.05, 0) is 30.2 Å². The minimum Gasteiger partial charge on any atom is -0.494 e. The summed E-state index contributed by atoms with van der Waals surface area (Å²) in [4.78, 5) is 11.1. The van der Waals surface area contributed by atoms with Gasteiger partial charge >= 0.3 is 0 Å². The van der Waals surface area contributed by atoms with E-state index in [1.807, 2.05) is 18.2 Å². The van der Waals surface area contributed by atoms with Gasteiger partial charge in [0.25, 0.3) is 0 Å². The zero-order chi connectivity index (χ0) is 15.5. The van der Waals surface area contributed by atoms with Crippen LogP contribution in [-0.4, -0.2) is 39.8 Å². The smallest absolute Gasteiger partial charge is 0.219 e. The van der Waals surface area contributed by atoms with E-state index in [1.54, 1.807) is 14.2 Å². The maximum atomic E-state index is 11.1. The maximum Gasteiger partial charge on any atom is 0.219 e. The highest BCUT2D eigenvalue weighted by molar-refractivity contribution is 9.10. The lowest BCUT2D eigenvalue weighted by atomic mass is 10.2. The van der Waals surface area contributed by atoms with Crippen LogP contribution in [0, 0.1) is 0 Å². The van der Waals surface area contributed by atoms with Crippen molar-refractivity contribution in [3.8, 4) is 5.75 Å². The van der Waals surface area contributed by atoms with Crippen molar-refractivity contribution in [2.24, 2.45) is 0 Å². The number of hydrogen-bond donors (Lipinski definition) is 2. The Bertz CT molecular complexity index is 441. The van der Waals surface area contributed by atoms with Crippen molar-refractivity contribution in [2.75, 3.05) is 33.9 Å². The van der Waals surface area contributed by atoms with Gasteiger partial charge in [0.1, 0.15) is 5.75 Å². The number of ether oxygens (including phenoxy) is 2. The summed E-state index contributed by atoms with van der Waals surface area (Å²) in [7, 11) is 3.33. The second-order valence-corrected chi connectivity index (χ2v) is 5.40. The molecule has 0 spiro atoms. The molecule has 6 heteroatoms. The average Bonchev–Trinajstić information content (AvgIpc) is 2.50. The van der Waals surface area contributed by atoms with Crippen LogP contribution >= 0.6 is 15.9 Å². The van der Waals surface area contributed by atoms with Crippen LogP contribution in [0.4, 0.5) is 0 Å². The lowest BCUT2D eigenvalue weighted by Gasteiger charge is -2.10. The number of carbonyl (C=O) groups is 1. The van der Waals surface area contributed by atoms with E-state index in [4.69, 9.17) is 9.47 Å². The summed E-state index contributed by atoms with van der Waals surface area (Å²) < 4.78 is 11.7. The van der Waals surface area contributed by atoms with Crippen molar-refractivity contribution in [3.05, 3.63) is 28.2 Å². The molecule has 1 aromatic carbocycles. The summed E-state index contributed by atoms with van der Waals surface area (Å²) in [6.07, 6.45) is 1.19. The van der Waals surface area contributed by atoms with Crippen molar-refractivity contribution in [1.29, 1.82) is 0 Å². The van der Waals surface area contributed by atoms with E-state index >= 15 is 0 Å². The highest BCUT2D eigenvalue weighted by atomic mass is 79.9. The lowest BCUT2D eigenvalue weighted by Crippen LogP contribution is -2.19. The third-order valence-corrected chi connectivity index (χ3v) is 3.68. The number of hydrogen-bond acceptors (Lipinski definition) is 4. The van der Waals surface area contributed by atoms with Crippen molar-refractivity contribution in [3.63, 3.8) is 0 Å². The molecular weight excluding hydrogens is 336 g/mol. The number of methoxy groups -OCH3 is 1. The molecule has 21 heavy (non-hydrogen) atoms. The van der Waals surface area contributed by atoms with Gasteiger partial charge in [-0.1, -0.05) is 15.9 Å². The van der Waals surface area contributed by atoms with Crippen LogP contribution in [0.5, 0.6) is 5.75 Å². The van der Waals surface area contributed by atoms with Crippen molar-refractivity contribution >= 4 is 21.8 Å². The molecule has 0 aromatic heterocycles. The van der Waals surface area contributed by atoms with Crippen LogP contribution in [0.3, 0.4) is 0 Å². The Morgan fingerprint density at radius 1 is 1.33 bits per heavy atom. The Labute approximate surface area is 134 Å². The van der Waals surface area contributed by atoms with E-state index in [2.05, 4.69) is 26.6 Å². The van der Waals surface area contributed by atoms with Gasteiger partial charge in [-0.2, -0.15) is 0 Å². The van der Waals surface area contributed by atoms with Crippen LogP contribution in [0.1, 0.15) is 18.4 Å². The standard InChI is InChI=1S/C15H23BrN2O3/c1-17-15(19)4-3-8-21-13-5-6-14(16)12(10-13)11-18-7-9-20-2/h5-6,10,18H,3-4,7-9,11H2,1-2H3,(H,17,19). The van der Waals surface area contributed by atoms with Crippen LogP contribution < -0.4 is 15.4 Å². The van der Waals surface area contributed by atoms with Crippen LogP contribution in [0.25, 0.3) is 0 Å². The van der Waals surface area contributed by atoms with E-state index in [0.29, 0.717) is 26.1 Å². The fraction of sp³-hybridized carbons (Fsp3) is 0.533. The zero-order valence-electron chi connectivity index (χ0n) is 12.6. The van der Waals surface area contributed by atoms with Gasteiger partial charge in [-0.3, -0.25) is 4.79 Å². The number of nitrogens with one attached hydrogen (secondary N) is 2. The normalized spacial score (nSPS) is 10.4. The van der Waals surface area contributed by atoms with Gasteiger partial charge in [0.2, 0.25) is 5.91 Å². The SMILES string of the molecule is CNC(=O)CCCOc1ccc(Br)c(CNCCOC)c1. The molecule has 2 N–H and O–H groups in total. The first kappa shape index (κ1) is 17.9. The molecule has 0 unspecified atom stereocenters. The number of rotatable bonds is 10. The monoisotopic (exact) mass is 358 g/mol. The molecule has 1 rings (SSSR count). The zero-order valence-corrected chi connectivity index (χ0v) is 14.2. The highest BCUT2D eigenvalue weighted by Crippen LogP contribution is 2.22. The third kappa shape index (κ3) is 7.45. The number of carbonyl (C=O) groups excluding carboxylic acids is 1. The highest BCUT2D eigenvalue weighted by Gasteiger charge is 2.03. The summed E-state index contributed by atoms with van der Waals surface area (Å²) >= 11 is 3.53.